The highest BCUT2D eigenvalue weighted by molar-refractivity contribution is 5.75. The quantitative estimate of drug-likeness (QED) is 0.431. The summed E-state index contributed by atoms with van der Waals surface area (Å²) in [4.78, 5) is 21.9. The van der Waals surface area contributed by atoms with Gasteiger partial charge in [-0.2, -0.15) is 0 Å². The van der Waals surface area contributed by atoms with Crippen LogP contribution in [0, 0.1) is 0 Å². The minimum atomic E-state index is -0.194. The topological polar surface area (TPSA) is 81.4 Å². The lowest BCUT2D eigenvalue weighted by atomic mass is 10.1. The van der Waals surface area contributed by atoms with Crippen molar-refractivity contribution in [3.05, 3.63) is 29.8 Å². The van der Waals surface area contributed by atoms with Gasteiger partial charge in [-0.3, -0.25) is 10.2 Å². The summed E-state index contributed by atoms with van der Waals surface area (Å²) in [7, 11) is 0. The molecule has 0 heterocycles. The van der Waals surface area contributed by atoms with Crippen LogP contribution in [0.2, 0.25) is 0 Å². The first-order valence-electron chi connectivity index (χ1n) is 6.75. The fraction of sp³-hybridized carbons (Fsp3) is 0.467. The maximum atomic E-state index is 11.0. The van der Waals surface area contributed by atoms with E-state index < -0.39 is 0 Å². The largest absolute Gasteiger partial charge is 0.491 e. The zero-order valence-electron chi connectivity index (χ0n) is 12.0. The molecule has 0 saturated carbocycles. The van der Waals surface area contributed by atoms with Crippen molar-refractivity contribution >= 4 is 11.7 Å². The summed E-state index contributed by atoms with van der Waals surface area (Å²) >= 11 is 0. The molecule has 1 aromatic rings. The lowest BCUT2D eigenvalue weighted by molar-refractivity contribution is -0.121. The van der Waals surface area contributed by atoms with Gasteiger partial charge < -0.3 is 9.53 Å². The van der Waals surface area contributed by atoms with Crippen LogP contribution < -0.4 is 16.0 Å². The first-order chi connectivity index (χ1) is 9.51. The summed E-state index contributed by atoms with van der Waals surface area (Å²) in [6, 6.07) is 7.68. The number of amides is 1. The molecule has 5 heteroatoms. The van der Waals surface area contributed by atoms with Crippen LogP contribution in [0.1, 0.15) is 38.7 Å². The Labute approximate surface area is 119 Å². The Morgan fingerprint density at radius 2 is 1.90 bits per heavy atom. The number of benzene rings is 1. The zero-order valence-corrected chi connectivity index (χ0v) is 12.0. The zero-order chi connectivity index (χ0) is 15.0. The predicted octanol–water partition coefficient (Wildman–Crippen LogP) is 1.75. The lowest BCUT2D eigenvalue weighted by Gasteiger charge is -2.14. The SMILES string of the molecule is CC(=O)CCc1ccc(OC(C)CCC(=O)NN)cc1. The molecule has 1 unspecified atom stereocenters. The third-order valence-corrected chi connectivity index (χ3v) is 2.97. The van der Waals surface area contributed by atoms with Gasteiger partial charge in [0.05, 0.1) is 6.10 Å². The van der Waals surface area contributed by atoms with Crippen molar-refractivity contribution in [2.45, 2.75) is 45.6 Å². The monoisotopic (exact) mass is 278 g/mol. The first-order valence-corrected chi connectivity index (χ1v) is 6.75. The third kappa shape index (κ3) is 6.33. The summed E-state index contributed by atoms with van der Waals surface area (Å²) in [6.45, 7) is 3.50. The fourth-order valence-electron chi connectivity index (χ4n) is 1.75. The standard InChI is InChI=1S/C15H22N2O3/c1-11(18)3-5-13-6-8-14(9-7-13)20-12(2)4-10-15(19)17-16/h6-9,12H,3-5,10,16H2,1-2H3,(H,17,19). The van der Waals surface area contributed by atoms with Gasteiger partial charge in [-0.25, -0.2) is 5.84 Å². The second-order valence-corrected chi connectivity index (χ2v) is 4.88. The molecule has 0 bridgehead atoms. The van der Waals surface area contributed by atoms with Gasteiger partial charge in [0.15, 0.2) is 0 Å². The Morgan fingerprint density at radius 1 is 1.25 bits per heavy atom. The van der Waals surface area contributed by atoms with Crippen molar-refractivity contribution in [1.29, 1.82) is 0 Å². The molecule has 1 rings (SSSR count). The second kappa shape index (κ2) is 8.32. The normalized spacial score (nSPS) is 11.8. The molecule has 0 spiro atoms. The van der Waals surface area contributed by atoms with Gasteiger partial charge in [-0.05, 0) is 44.4 Å². The molecule has 1 amide bonds. The van der Waals surface area contributed by atoms with Crippen LogP contribution in [0.25, 0.3) is 0 Å². The van der Waals surface area contributed by atoms with Crippen LogP contribution in [0.5, 0.6) is 5.75 Å². The Kier molecular flexibility index (Phi) is 6.73. The van der Waals surface area contributed by atoms with Crippen LogP contribution >= 0.6 is 0 Å². The minimum absolute atomic E-state index is 0.0598. The number of aryl methyl sites for hydroxylation is 1. The van der Waals surface area contributed by atoms with Gasteiger partial charge >= 0.3 is 0 Å². The molecule has 0 fully saturated rings. The van der Waals surface area contributed by atoms with Gasteiger partial charge in [0.1, 0.15) is 11.5 Å². The Morgan fingerprint density at radius 3 is 2.45 bits per heavy atom. The van der Waals surface area contributed by atoms with Crippen LogP contribution in [-0.2, 0) is 16.0 Å². The Bertz CT molecular complexity index is 443. The van der Waals surface area contributed by atoms with Crippen LogP contribution in [0.15, 0.2) is 24.3 Å². The molecule has 0 saturated heterocycles. The molecule has 0 aliphatic heterocycles. The van der Waals surface area contributed by atoms with E-state index in [9.17, 15) is 9.59 Å². The molecular weight excluding hydrogens is 256 g/mol. The van der Waals surface area contributed by atoms with Crippen molar-refractivity contribution in [3.63, 3.8) is 0 Å². The number of nitrogens with two attached hydrogens (primary N) is 1. The van der Waals surface area contributed by atoms with Gasteiger partial charge in [0.25, 0.3) is 0 Å². The summed E-state index contributed by atoms with van der Waals surface area (Å²) in [5.74, 6) is 5.77. The molecule has 110 valence electrons. The molecule has 0 radical (unpaired) electrons. The number of hydrazine groups is 1. The maximum Gasteiger partial charge on any atom is 0.234 e. The number of nitrogens with one attached hydrogen (secondary N) is 1. The number of Topliss-reactive ketones (excluding diaryl/α,β-unsaturated/α-hetero) is 1. The van der Waals surface area contributed by atoms with E-state index in [0.717, 1.165) is 17.7 Å². The number of hydrogen-bond donors (Lipinski definition) is 2. The number of hydrogen-bond acceptors (Lipinski definition) is 4. The van der Waals surface area contributed by atoms with E-state index in [1.54, 1.807) is 6.92 Å². The van der Waals surface area contributed by atoms with Crippen LogP contribution in [0.3, 0.4) is 0 Å². The second-order valence-electron chi connectivity index (χ2n) is 4.88. The number of ketones is 1. The summed E-state index contributed by atoms with van der Waals surface area (Å²) in [5, 5.41) is 0. The molecular formula is C15H22N2O3. The summed E-state index contributed by atoms with van der Waals surface area (Å²) < 4.78 is 5.70. The molecule has 5 nitrogen and oxygen atoms in total. The van der Waals surface area contributed by atoms with E-state index in [2.05, 4.69) is 5.43 Å². The van der Waals surface area contributed by atoms with E-state index in [1.165, 1.54) is 0 Å². The first kappa shape index (κ1) is 16.2. The smallest absolute Gasteiger partial charge is 0.234 e. The lowest BCUT2D eigenvalue weighted by Crippen LogP contribution is -2.30. The molecule has 1 aromatic carbocycles. The molecule has 0 aromatic heterocycles. The maximum absolute atomic E-state index is 11.0. The van der Waals surface area contributed by atoms with Crippen molar-refractivity contribution in [2.24, 2.45) is 5.84 Å². The number of rotatable bonds is 8. The van der Waals surface area contributed by atoms with Gasteiger partial charge in [-0.15, -0.1) is 0 Å². The highest BCUT2D eigenvalue weighted by Crippen LogP contribution is 2.16. The average Bonchev–Trinajstić information content (AvgIpc) is 2.44. The van der Waals surface area contributed by atoms with Crippen LogP contribution in [-0.4, -0.2) is 17.8 Å². The van der Waals surface area contributed by atoms with Crippen LogP contribution in [0.4, 0.5) is 0 Å². The minimum Gasteiger partial charge on any atom is -0.491 e. The van der Waals surface area contributed by atoms with Crippen molar-refractivity contribution < 1.29 is 14.3 Å². The number of carbonyl (C=O) groups excluding carboxylic acids is 2. The summed E-state index contributed by atoms with van der Waals surface area (Å²) in [5.41, 5.74) is 3.21. The van der Waals surface area contributed by atoms with E-state index >= 15 is 0 Å². The number of carbonyl (C=O) groups is 2. The van der Waals surface area contributed by atoms with E-state index in [-0.39, 0.29) is 17.8 Å². The third-order valence-electron chi connectivity index (χ3n) is 2.97. The molecule has 1 atom stereocenters. The van der Waals surface area contributed by atoms with E-state index in [1.807, 2.05) is 31.2 Å². The van der Waals surface area contributed by atoms with Gasteiger partial charge in [-0.1, -0.05) is 12.1 Å². The van der Waals surface area contributed by atoms with Crippen molar-refractivity contribution in [2.75, 3.05) is 0 Å². The van der Waals surface area contributed by atoms with Crippen molar-refractivity contribution in [1.82, 2.24) is 5.43 Å². The Hall–Kier alpha value is -1.88. The van der Waals surface area contributed by atoms with E-state index in [4.69, 9.17) is 10.6 Å². The highest BCUT2D eigenvalue weighted by Gasteiger charge is 2.07. The molecule has 3 N–H and O–H groups in total. The van der Waals surface area contributed by atoms with Crippen molar-refractivity contribution in [3.8, 4) is 5.75 Å². The molecule has 20 heavy (non-hydrogen) atoms. The molecule has 0 aliphatic carbocycles. The summed E-state index contributed by atoms with van der Waals surface area (Å²) in [6.07, 6.45) is 2.20. The number of ether oxygens (including phenoxy) is 1. The highest BCUT2D eigenvalue weighted by atomic mass is 16.5. The average molecular weight is 278 g/mol. The van der Waals surface area contributed by atoms with Gasteiger partial charge in [0.2, 0.25) is 5.91 Å². The van der Waals surface area contributed by atoms with Gasteiger partial charge in [0, 0.05) is 12.8 Å². The molecule has 0 aliphatic rings. The Balaban J connectivity index is 2.40. The predicted molar refractivity (Wildman–Crippen MR) is 77.1 cm³/mol. The fourth-order valence-corrected chi connectivity index (χ4v) is 1.75. The van der Waals surface area contributed by atoms with E-state index in [0.29, 0.717) is 19.3 Å².